The molecule has 0 atom stereocenters. The molecule has 25 heavy (non-hydrogen) atoms. The molecule has 0 bridgehead atoms. The van der Waals surface area contributed by atoms with E-state index in [2.05, 4.69) is 15.7 Å². The van der Waals surface area contributed by atoms with Crippen molar-refractivity contribution in [2.45, 2.75) is 70.6 Å². The molecule has 0 aromatic heterocycles. The van der Waals surface area contributed by atoms with E-state index in [1.165, 1.54) is 12.8 Å². The zero-order valence-electron chi connectivity index (χ0n) is 15.9. The third-order valence-corrected chi connectivity index (χ3v) is 5.79. The van der Waals surface area contributed by atoms with Crippen LogP contribution in [-0.2, 0) is 4.65 Å². The van der Waals surface area contributed by atoms with E-state index in [-0.39, 0.29) is 5.83 Å². The van der Waals surface area contributed by atoms with Crippen molar-refractivity contribution in [3.63, 3.8) is 0 Å². The Bertz CT molecular complexity index is 615. The van der Waals surface area contributed by atoms with Crippen LogP contribution >= 0.6 is 0 Å². The third-order valence-electron chi connectivity index (χ3n) is 5.79. The Hall–Kier alpha value is -0.975. The lowest BCUT2D eigenvalue weighted by Crippen LogP contribution is -2.48. The molecule has 0 aromatic carbocycles. The summed E-state index contributed by atoms with van der Waals surface area (Å²) in [5.41, 5.74) is -0.0973. The van der Waals surface area contributed by atoms with Gasteiger partial charge in [-0.25, -0.2) is 8.97 Å². The Morgan fingerprint density at radius 3 is 2.52 bits per heavy atom. The number of rotatable bonds is 6. The van der Waals surface area contributed by atoms with Gasteiger partial charge in [-0.05, 0) is 53.0 Å². The van der Waals surface area contributed by atoms with E-state index in [1.807, 2.05) is 13.8 Å². The predicted molar refractivity (Wildman–Crippen MR) is 98.5 cm³/mol. The molecular weight excluding hydrogens is 318 g/mol. The second-order valence-electron chi connectivity index (χ2n) is 8.42. The SMILES string of the molecule is CC(C)(O)C(C)(C)O[B]C1=CC(F)=C([N+]2=CCN(C3CC3)CC2)CC1. The smallest absolute Gasteiger partial charge is 0.326 e. The first kappa shape index (κ1) is 18.8. The van der Waals surface area contributed by atoms with Crippen LogP contribution in [0.15, 0.2) is 23.1 Å². The molecule has 4 nitrogen and oxygen atoms in total. The summed E-state index contributed by atoms with van der Waals surface area (Å²) in [7, 11) is 1.60. The van der Waals surface area contributed by atoms with Crippen molar-refractivity contribution in [2.24, 2.45) is 0 Å². The highest BCUT2D eigenvalue weighted by Crippen LogP contribution is 2.30. The highest BCUT2D eigenvalue weighted by Gasteiger charge is 2.37. The fourth-order valence-corrected chi connectivity index (χ4v) is 3.08. The summed E-state index contributed by atoms with van der Waals surface area (Å²) in [4.78, 5) is 2.49. The molecule has 3 aliphatic rings. The van der Waals surface area contributed by atoms with Gasteiger partial charge in [0.15, 0.2) is 18.6 Å². The minimum atomic E-state index is -0.978. The Morgan fingerprint density at radius 1 is 1.28 bits per heavy atom. The van der Waals surface area contributed by atoms with Gasteiger partial charge in [-0.15, -0.1) is 0 Å². The van der Waals surface area contributed by atoms with Crippen LogP contribution in [0.1, 0.15) is 53.4 Å². The number of hydrogen-bond acceptors (Lipinski definition) is 3. The van der Waals surface area contributed by atoms with Gasteiger partial charge in [0.05, 0.1) is 24.3 Å². The van der Waals surface area contributed by atoms with E-state index < -0.39 is 11.2 Å². The first-order valence-electron chi connectivity index (χ1n) is 9.34. The van der Waals surface area contributed by atoms with Crippen molar-refractivity contribution in [1.82, 2.24) is 4.90 Å². The van der Waals surface area contributed by atoms with Crippen LogP contribution in [0.25, 0.3) is 0 Å². The summed E-state index contributed by atoms with van der Waals surface area (Å²) in [5.74, 6) is -0.168. The molecule has 1 N–H and O–H groups in total. The van der Waals surface area contributed by atoms with E-state index >= 15 is 0 Å². The van der Waals surface area contributed by atoms with E-state index in [9.17, 15) is 9.50 Å². The van der Waals surface area contributed by atoms with E-state index in [0.29, 0.717) is 6.42 Å². The average molecular weight is 348 g/mol. The summed E-state index contributed by atoms with van der Waals surface area (Å²) in [5, 5.41) is 10.1. The topological polar surface area (TPSA) is 35.7 Å². The quantitative estimate of drug-likeness (QED) is 0.592. The Kier molecular flexibility index (Phi) is 5.24. The van der Waals surface area contributed by atoms with Gasteiger partial charge >= 0.3 is 7.48 Å². The second-order valence-corrected chi connectivity index (χ2v) is 8.42. The maximum absolute atomic E-state index is 14.6. The highest BCUT2D eigenvalue weighted by atomic mass is 19.1. The van der Waals surface area contributed by atoms with Crippen LogP contribution in [0.4, 0.5) is 4.39 Å². The molecule has 0 spiro atoms. The summed E-state index contributed by atoms with van der Waals surface area (Å²) in [6.45, 7) is 9.90. The van der Waals surface area contributed by atoms with Gasteiger partial charge in [-0.1, -0.05) is 5.47 Å². The molecule has 6 heteroatoms. The summed E-state index contributed by atoms with van der Waals surface area (Å²) in [6, 6.07) is 0.765. The summed E-state index contributed by atoms with van der Waals surface area (Å²) >= 11 is 0. The number of hydrogen-bond donors (Lipinski definition) is 1. The summed E-state index contributed by atoms with van der Waals surface area (Å²) in [6.07, 6.45) is 7.76. The lowest BCUT2D eigenvalue weighted by atomic mass is 9.78. The van der Waals surface area contributed by atoms with Crippen LogP contribution in [-0.4, -0.2) is 65.2 Å². The third kappa shape index (κ3) is 4.41. The molecule has 0 unspecified atom stereocenters. The van der Waals surface area contributed by atoms with Crippen molar-refractivity contribution in [3.05, 3.63) is 23.1 Å². The largest absolute Gasteiger partial charge is 0.427 e. The minimum Gasteiger partial charge on any atom is -0.427 e. The number of aliphatic hydroxyl groups is 1. The molecule has 0 aromatic rings. The first-order chi connectivity index (χ1) is 11.7. The Labute approximate surface area is 151 Å². The highest BCUT2D eigenvalue weighted by molar-refractivity contribution is 6.38. The van der Waals surface area contributed by atoms with Gasteiger partial charge in [0, 0.05) is 12.5 Å². The molecule has 1 fully saturated rings. The second kappa shape index (κ2) is 6.97. The van der Waals surface area contributed by atoms with Gasteiger partial charge in [-0.2, -0.15) is 0 Å². The molecule has 1 radical (unpaired) electrons. The van der Waals surface area contributed by atoms with Crippen molar-refractivity contribution < 1.29 is 18.7 Å². The van der Waals surface area contributed by atoms with Crippen LogP contribution in [0.5, 0.6) is 0 Å². The molecule has 137 valence electrons. The molecule has 0 saturated heterocycles. The monoisotopic (exact) mass is 348 g/mol. The normalized spacial score (nSPS) is 23.4. The average Bonchev–Trinajstić information content (AvgIpc) is 3.37. The van der Waals surface area contributed by atoms with Crippen molar-refractivity contribution in [1.29, 1.82) is 0 Å². The number of allylic oxidation sites excluding steroid dienone is 4. The number of nitrogens with zero attached hydrogens (tertiary/aromatic N) is 2. The molecule has 1 saturated carbocycles. The maximum Gasteiger partial charge on any atom is 0.326 e. The maximum atomic E-state index is 14.6. The summed E-state index contributed by atoms with van der Waals surface area (Å²) < 4.78 is 22.4. The van der Waals surface area contributed by atoms with Gasteiger partial charge in [0.25, 0.3) is 0 Å². The molecule has 1 aliphatic heterocycles. The van der Waals surface area contributed by atoms with Gasteiger partial charge in [0.2, 0.25) is 5.70 Å². The lowest BCUT2D eigenvalue weighted by molar-refractivity contribution is -0.484. The standard InChI is InChI=1S/C19H30BFN2O2/c1-18(2,24)19(3,4)25-20-14-5-8-17(16(21)13-14)23-11-9-22(10-12-23)15-6-7-15/h11,13,15,24H,5-10,12H2,1-4H3/q+1. The van der Waals surface area contributed by atoms with E-state index in [4.69, 9.17) is 4.65 Å². The fraction of sp³-hybridized carbons (Fsp3) is 0.737. The van der Waals surface area contributed by atoms with E-state index in [1.54, 1.807) is 27.4 Å². The van der Waals surface area contributed by atoms with Gasteiger partial charge in [0.1, 0.15) is 0 Å². The van der Waals surface area contributed by atoms with Gasteiger partial charge in [-0.3, -0.25) is 4.90 Å². The van der Waals surface area contributed by atoms with Crippen molar-refractivity contribution in [2.75, 3.05) is 19.6 Å². The fourth-order valence-electron chi connectivity index (χ4n) is 3.08. The lowest BCUT2D eigenvalue weighted by Gasteiger charge is -2.37. The molecule has 3 rings (SSSR count). The molecule has 1 heterocycles. The van der Waals surface area contributed by atoms with Crippen LogP contribution in [0.3, 0.4) is 0 Å². The molecular formula is C19H30BFN2O2+. The molecule has 2 aliphatic carbocycles. The van der Waals surface area contributed by atoms with Crippen LogP contribution in [0.2, 0.25) is 0 Å². The molecule has 0 amide bonds. The van der Waals surface area contributed by atoms with E-state index in [0.717, 1.165) is 43.3 Å². The van der Waals surface area contributed by atoms with Crippen molar-refractivity contribution in [3.8, 4) is 0 Å². The minimum absolute atomic E-state index is 0.168. The van der Waals surface area contributed by atoms with Crippen LogP contribution in [0, 0.1) is 0 Å². The van der Waals surface area contributed by atoms with Crippen molar-refractivity contribution >= 4 is 13.7 Å². The number of halogens is 1. The first-order valence-corrected chi connectivity index (χ1v) is 9.34. The zero-order valence-corrected chi connectivity index (χ0v) is 15.9. The zero-order chi connectivity index (χ0) is 18.2. The van der Waals surface area contributed by atoms with Crippen LogP contribution < -0.4 is 0 Å². The predicted octanol–water partition coefficient (Wildman–Crippen LogP) is 2.59. The Morgan fingerprint density at radius 2 is 2.00 bits per heavy atom. The Balaban J connectivity index is 1.62. The van der Waals surface area contributed by atoms with Gasteiger partial charge < -0.3 is 9.76 Å².